The smallest absolute Gasteiger partial charge is 0.122 e. The van der Waals surface area contributed by atoms with Gasteiger partial charge in [0.05, 0.1) is 0 Å². The molecule has 1 heterocycles. The van der Waals surface area contributed by atoms with Gasteiger partial charge in [0.2, 0.25) is 0 Å². The van der Waals surface area contributed by atoms with E-state index in [1.54, 1.807) is 11.3 Å². The molecule has 3 nitrogen and oxygen atoms in total. The Morgan fingerprint density at radius 3 is 2.67 bits per heavy atom. The average Bonchev–Trinajstić information content (AvgIpc) is 2.83. The van der Waals surface area contributed by atoms with Crippen molar-refractivity contribution in [3.8, 4) is 5.75 Å². The maximum absolute atomic E-state index is 9.97. The number of ether oxygens (including phenoxy) is 1. The summed E-state index contributed by atoms with van der Waals surface area (Å²) in [5.74, 6) is 0.841. The second-order valence-electron chi connectivity index (χ2n) is 5.39. The van der Waals surface area contributed by atoms with Crippen LogP contribution in [-0.2, 0) is 6.54 Å². The van der Waals surface area contributed by atoms with Crippen molar-refractivity contribution in [3.63, 3.8) is 0 Å². The fourth-order valence-corrected chi connectivity index (χ4v) is 3.02. The van der Waals surface area contributed by atoms with Gasteiger partial charge in [0.1, 0.15) is 18.5 Å². The van der Waals surface area contributed by atoms with Gasteiger partial charge in [-0.25, -0.2) is 0 Å². The molecule has 1 unspecified atom stereocenters. The van der Waals surface area contributed by atoms with Gasteiger partial charge < -0.3 is 15.2 Å². The van der Waals surface area contributed by atoms with Gasteiger partial charge in [0.25, 0.3) is 0 Å². The molecule has 2 aromatic rings. The summed E-state index contributed by atoms with van der Waals surface area (Å²) in [7, 11) is 0. The Labute approximate surface area is 130 Å². The van der Waals surface area contributed by atoms with E-state index in [4.69, 9.17) is 4.74 Å². The quantitative estimate of drug-likeness (QED) is 0.825. The lowest BCUT2D eigenvalue weighted by Gasteiger charge is -2.15. The summed E-state index contributed by atoms with van der Waals surface area (Å²) in [6.45, 7) is 7.81. The molecule has 0 aliphatic carbocycles. The Balaban J connectivity index is 1.72. The Bertz CT molecular complexity index is 580. The molecule has 2 rings (SSSR count). The van der Waals surface area contributed by atoms with E-state index in [0.717, 1.165) is 17.9 Å². The minimum atomic E-state index is -0.508. The first-order valence-corrected chi connectivity index (χ1v) is 8.06. The normalized spacial score (nSPS) is 12.4. The average molecular weight is 305 g/mol. The van der Waals surface area contributed by atoms with Crippen LogP contribution in [-0.4, -0.2) is 24.4 Å². The molecule has 0 amide bonds. The van der Waals surface area contributed by atoms with Gasteiger partial charge in [-0.05, 0) is 49.4 Å². The molecular formula is C17H23NO2S. The summed E-state index contributed by atoms with van der Waals surface area (Å²) >= 11 is 1.74. The second-order valence-corrected chi connectivity index (χ2v) is 6.39. The van der Waals surface area contributed by atoms with E-state index in [2.05, 4.69) is 36.7 Å². The van der Waals surface area contributed by atoms with Gasteiger partial charge in [-0.3, -0.25) is 0 Å². The fraction of sp³-hybridized carbons (Fsp3) is 0.412. The van der Waals surface area contributed by atoms with Crippen molar-refractivity contribution in [2.24, 2.45) is 0 Å². The Morgan fingerprint density at radius 2 is 2.00 bits per heavy atom. The molecule has 0 saturated carbocycles. The van der Waals surface area contributed by atoms with Crippen LogP contribution in [0, 0.1) is 20.8 Å². The third-order valence-corrected chi connectivity index (χ3v) is 4.42. The number of aliphatic hydroxyl groups excluding tert-OH is 1. The summed E-state index contributed by atoms with van der Waals surface area (Å²) in [5, 5.41) is 15.3. The van der Waals surface area contributed by atoms with Crippen LogP contribution in [0.5, 0.6) is 5.75 Å². The largest absolute Gasteiger partial charge is 0.491 e. The highest BCUT2D eigenvalue weighted by atomic mass is 32.1. The molecule has 0 saturated heterocycles. The van der Waals surface area contributed by atoms with Gasteiger partial charge >= 0.3 is 0 Å². The molecule has 1 aromatic heterocycles. The number of rotatable bonds is 7. The molecule has 114 valence electrons. The zero-order valence-corrected chi connectivity index (χ0v) is 13.7. The van der Waals surface area contributed by atoms with E-state index in [-0.39, 0.29) is 0 Å². The summed E-state index contributed by atoms with van der Waals surface area (Å²) in [6, 6.07) is 8.17. The number of aliphatic hydroxyl groups is 1. The molecular weight excluding hydrogens is 282 g/mol. The molecule has 4 heteroatoms. The molecule has 0 aliphatic heterocycles. The highest BCUT2D eigenvalue weighted by Crippen LogP contribution is 2.19. The van der Waals surface area contributed by atoms with Gasteiger partial charge in [-0.1, -0.05) is 17.7 Å². The number of nitrogens with one attached hydrogen (secondary N) is 1. The number of benzene rings is 1. The Morgan fingerprint density at radius 1 is 1.19 bits per heavy atom. The van der Waals surface area contributed by atoms with Crippen LogP contribution in [0.2, 0.25) is 0 Å². The summed E-state index contributed by atoms with van der Waals surface area (Å²) < 4.78 is 5.68. The monoisotopic (exact) mass is 305 g/mol. The second kappa shape index (κ2) is 7.59. The SMILES string of the molecule is Cc1ccc(OCC(O)CNCc2sccc2C)c(C)c1. The van der Waals surface area contributed by atoms with Crippen LogP contribution in [0.3, 0.4) is 0 Å². The lowest BCUT2D eigenvalue weighted by Crippen LogP contribution is -2.31. The number of hydrogen-bond donors (Lipinski definition) is 2. The topological polar surface area (TPSA) is 41.5 Å². The van der Waals surface area contributed by atoms with Crippen LogP contribution in [0.25, 0.3) is 0 Å². The van der Waals surface area contributed by atoms with Crippen molar-refractivity contribution in [1.29, 1.82) is 0 Å². The number of aryl methyl sites for hydroxylation is 3. The molecule has 0 bridgehead atoms. The Hall–Kier alpha value is -1.36. The maximum Gasteiger partial charge on any atom is 0.122 e. The van der Waals surface area contributed by atoms with Crippen molar-refractivity contribution in [2.75, 3.05) is 13.2 Å². The molecule has 0 aliphatic rings. The van der Waals surface area contributed by atoms with Gasteiger partial charge in [-0.2, -0.15) is 0 Å². The predicted molar refractivity (Wildman–Crippen MR) is 88.2 cm³/mol. The first-order valence-electron chi connectivity index (χ1n) is 7.18. The summed E-state index contributed by atoms with van der Waals surface area (Å²) in [4.78, 5) is 1.32. The van der Waals surface area contributed by atoms with Crippen molar-refractivity contribution >= 4 is 11.3 Å². The van der Waals surface area contributed by atoms with Crippen LogP contribution in [0.15, 0.2) is 29.6 Å². The van der Waals surface area contributed by atoms with Crippen LogP contribution in [0.4, 0.5) is 0 Å². The molecule has 0 fully saturated rings. The predicted octanol–water partition coefficient (Wildman–Crippen LogP) is 3.20. The molecule has 2 N–H and O–H groups in total. The zero-order chi connectivity index (χ0) is 15.2. The fourth-order valence-electron chi connectivity index (χ4n) is 2.14. The van der Waals surface area contributed by atoms with Gasteiger partial charge in [0, 0.05) is 18.0 Å². The van der Waals surface area contributed by atoms with E-state index in [9.17, 15) is 5.11 Å². The van der Waals surface area contributed by atoms with E-state index in [1.807, 2.05) is 19.1 Å². The standard InChI is InChI=1S/C17H23NO2S/c1-12-4-5-16(14(3)8-12)20-11-15(19)9-18-10-17-13(2)6-7-21-17/h4-8,15,18-19H,9-11H2,1-3H3. The molecule has 21 heavy (non-hydrogen) atoms. The number of thiophene rings is 1. The van der Waals surface area contributed by atoms with Crippen LogP contribution in [0.1, 0.15) is 21.6 Å². The maximum atomic E-state index is 9.97. The van der Waals surface area contributed by atoms with Gasteiger partial charge in [-0.15, -0.1) is 11.3 Å². The minimum absolute atomic E-state index is 0.306. The van der Waals surface area contributed by atoms with E-state index >= 15 is 0 Å². The van der Waals surface area contributed by atoms with E-state index in [1.165, 1.54) is 16.0 Å². The lowest BCUT2D eigenvalue weighted by molar-refractivity contribution is 0.106. The third-order valence-electron chi connectivity index (χ3n) is 3.40. The van der Waals surface area contributed by atoms with Crippen molar-refractivity contribution in [2.45, 2.75) is 33.4 Å². The van der Waals surface area contributed by atoms with E-state index in [0.29, 0.717) is 13.2 Å². The third kappa shape index (κ3) is 4.84. The molecule has 1 aromatic carbocycles. The van der Waals surface area contributed by atoms with Crippen LogP contribution < -0.4 is 10.1 Å². The van der Waals surface area contributed by atoms with Gasteiger partial charge in [0.15, 0.2) is 0 Å². The summed E-state index contributed by atoms with van der Waals surface area (Å²) in [5.41, 5.74) is 3.62. The van der Waals surface area contributed by atoms with Crippen molar-refractivity contribution < 1.29 is 9.84 Å². The molecule has 0 radical (unpaired) electrons. The highest BCUT2D eigenvalue weighted by Gasteiger charge is 2.07. The number of hydrogen-bond acceptors (Lipinski definition) is 4. The summed E-state index contributed by atoms with van der Waals surface area (Å²) in [6.07, 6.45) is -0.508. The van der Waals surface area contributed by atoms with E-state index < -0.39 is 6.10 Å². The van der Waals surface area contributed by atoms with Crippen LogP contribution >= 0.6 is 11.3 Å². The molecule has 1 atom stereocenters. The molecule has 0 spiro atoms. The van der Waals surface area contributed by atoms with Crippen molar-refractivity contribution in [3.05, 3.63) is 51.2 Å². The first-order chi connectivity index (χ1) is 10.1. The zero-order valence-electron chi connectivity index (χ0n) is 12.8. The minimum Gasteiger partial charge on any atom is -0.491 e. The lowest BCUT2D eigenvalue weighted by atomic mass is 10.1. The Kier molecular flexibility index (Phi) is 5.79. The van der Waals surface area contributed by atoms with Crippen molar-refractivity contribution in [1.82, 2.24) is 5.32 Å². The first kappa shape index (κ1) is 16.0. The highest BCUT2D eigenvalue weighted by molar-refractivity contribution is 7.10.